The number of esters is 1. The van der Waals surface area contributed by atoms with Gasteiger partial charge in [-0.2, -0.15) is 5.26 Å². The molecule has 0 spiro atoms. The smallest absolute Gasteiger partial charge is 0.319 e. The van der Waals surface area contributed by atoms with Crippen molar-refractivity contribution in [3.8, 4) is 6.07 Å². The number of nitriles is 1. The van der Waals surface area contributed by atoms with Crippen molar-refractivity contribution in [2.75, 3.05) is 17.7 Å². The summed E-state index contributed by atoms with van der Waals surface area (Å²) in [6.07, 6.45) is 0. The van der Waals surface area contributed by atoms with Crippen LogP contribution in [0.5, 0.6) is 0 Å². The molecule has 0 saturated carbocycles. The number of hydrogen-bond donors (Lipinski definition) is 2. The predicted octanol–water partition coefficient (Wildman–Crippen LogP) is 4.15. The standard InChI is InChI=1S/C24H22ClN3O4S/c1-3-32-24(31)21-20(15-9-5-6-10-17(15)25)16(12-26)23(28-22(21)30)33-13-19(29)27-18-11-7-4-8-14(18)2/h4-11,20-21H,3,13H2,1-2H3,(H,27,29)(H,28,30)/t20-,21+/m1/s1. The van der Waals surface area contributed by atoms with Gasteiger partial charge in [0, 0.05) is 16.6 Å². The van der Waals surface area contributed by atoms with Crippen LogP contribution in [0.2, 0.25) is 5.02 Å². The molecule has 2 N–H and O–H groups in total. The van der Waals surface area contributed by atoms with Crippen molar-refractivity contribution in [2.24, 2.45) is 5.92 Å². The topological polar surface area (TPSA) is 108 Å². The Morgan fingerprint density at radius 1 is 1.21 bits per heavy atom. The molecule has 170 valence electrons. The van der Waals surface area contributed by atoms with E-state index in [-0.39, 0.29) is 28.9 Å². The normalized spacial score (nSPS) is 17.7. The van der Waals surface area contributed by atoms with Gasteiger partial charge in [-0.1, -0.05) is 59.8 Å². The van der Waals surface area contributed by atoms with Crippen LogP contribution in [0.3, 0.4) is 0 Å². The number of nitrogens with one attached hydrogen (secondary N) is 2. The van der Waals surface area contributed by atoms with E-state index in [1.807, 2.05) is 25.1 Å². The second-order valence-corrected chi connectivity index (χ2v) is 8.62. The number of anilines is 1. The number of hydrogen-bond acceptors (Lipinski definition) is 6. The molecular formula is C24H22ClN3O4S. The number of nitrogens with zero attached hydrogens (tertiary/aromatic N) is 1. The fraction of sp³-hybridized carbons (Fsp3) is 0.250. The summed E-state index contributed by atoms with van der Waals surface area (Å²) in [6.45, 7) is 3.60. The van der Waals surface area contributed by atoms with Gasteiger partial charge in [-0.05, 0) is 37.1 Å². The number of aryl methyl sites for hydroxylation is 1. The molecule has 0 aromatic heterocycles. The molecular weight excluding hydrogens is 462 g/mol. The van der Waals surface area contributed by atoms with Crippen LogP contribution in [-0.4, -0.2) is 30.1 Å². The van der Waals surface area contributed by atoms with E-state index in [4.69, 9.17) is 16.3 Å². The Morgan fingerprint density at radius 2 is 1.91 bits per heavy atom. The number of carbonyl (C=O) groups excluding carboxylic acids is 3. The zero-order valence-corrected chi connectivity index (χ0v) is 19.6. The summed E-state index contributed by atoms with van der Waals surface area (Å²) in [6, 6.07) is 16.2. The van der Waals surface area contributed by atoms with E-state index in [1.165, 1.54) is 0 Å². The Hall–Kier alpha value is -3.28. The molecule has 0 aliphatic carbocycles. The van der Waals surface area contributed by atoms with E-state index in [9.17, 15) is 19.6 Å². The van der Waals surface area contributed by atoms with Crippen LogP contribution in [0, 0.1) is 24.2 Å². The van der Waals surface area contributed by atoms with Crippen LogP contribution in [0.1, 0.15) is 24.0 Å². The molecule has 0 unspecified atom stereocenters. The third-order valence-electron chi connectivity index (χ3n) is 5.08. The molecule has 2 atom stereocenters. The molecule has 0 bridgehead atoms. The quantitative estimate of drug-likeness (QED) is 0.452. The summed E-state index contributed by atoms with van der Waals surface area (Å²) in [4.78, 5) is 38.1. The minimum atomic E-state index is -1.27. The van der Waals surface area contributed by atoms with Gasteiger partial charge in [-0.25, -0.2) is 0 Å². The molecule has 2 aromatic rings. The SMILES string of the molecule is CCOC(=O)[C@@H]1C(=O)NC(SCC(=O)Nc2ccccc2C)=C(C#N)[C@H]1c1ccccc1Cl. The first kappa shape index (κ1) is 24.4. The molecule has 9 heteroatoms. The van der Waals surface area contributed by atoms with Crippen LogP contribution in [0.25, 0.3) is 0 Å². The van der Waals surface area contributed by atoms with Crippen molar-refractivity contribution in [3.05, 3.63) is 75.3 Å². The highest BCUT2D eigenvalue weighted by Crippen LogP contribution is 2.42. The summed E-state index contributed by atoms with van der Waals surface area (Å²) >= 11 is 7.38. The maximum atomic E-state index is 12.9. The average Bonchev–Trinajstić information content (AvgIpc) is 2.79. The number of amides is 2. The van der Waals surface area contributed by atoms with Gasteiger partial charge >= 0.3 is 5.97 Å². The van der Waals surface area contributed by atoms with Crippen molar-refractivity contribution in [1.29, 1.82) is 5.26 Å². The Labute approximate surface area is 201 Å². The zero-order chi connectivity index (χ0) is 24.0. The number of benzene rings is 2. The zero-order valence-electron chi connectivity index (χ0n) is 18.1. The third-order valence-corrected chi connectivity index (χ3v) is 6.44. The van der Waals surface area contributed by atoms with Crippen molar-refractivity contribution in [2.45, 2.75) is 19.8 Å². The number of thioether (sulfide) groups is 1. The Morgan fingerprint density at radius 3 is 2.58 bits per heavy atom. The maximum Gasteiger partial charge on any atom is 0.319 e. The fourth-order valence-electron chi connectivity index (χ4n) is 3.53. The lowest BCUT2D eigenvalue weighted by molar-refractivity contribution is -0.152. The highest BCUT2D eigenvalue weighted by Gasteiger charge is 2.45. The first-order valence-corrected chi connectivity index (χ1v) is 11.6. The van der Waals surface area contributed by atoms with E-state index in [0.29, 0.717) is 16.3 Å². The van der Waals surface area contributed by atoms with Crippen LogP contribution in [0.15, 0.2) is 59.1 Å². The molecule has 7 nitrogen and oxygen atoms in total. The van der Waals surface area contributed by atoms with Crippen LogP contribution in [0.4, 0.5) is 5.69 Å². The number of para-hydroxylation sites is 1. The molecule has 0 radical (unpaired) electrons. The largest absolute Gasteiger partial charge is 0.465 e. The van der Waals surface area contributed by atoms with Gasteiger partial charge in [-0.15, -0.1) is 0 Å². The van der Waals surface area contributed by atoms with E-state index < -0.39 is 23.7 Å². The monoisotopic (exact) mass is 483 g/mol. The predicted molar refractivity (Wildman–Crippen MR) is 127 cm³/mol. The Balaban J connectivity index is 1.92. The van der Waals surface area contributed by atoms with Crippen LogP contribution < -0.4 is 10.6 Å². The van der Waals surface area contributed by atoms with E-state index >= 15 is 0 Å². The average molecular weight is 484 g/mol. The summed E-state index contributed by atoms with van der Waals surface area (Å²) < 4.78 is 5.10. The van der Waals surface area contributed by atoms with Gasteiger partial charge in [-0.3, -0.25) is 14.4 Å². The van der Waals surface area contributed by atoms with E-state index in [0.717, 1.165) is 17.3 Å². The van der Waals surface area contributed by atoms with Crippen molar-refractivity contribution in [3.63, 3.8) is 0 Å². The summed E-state index contributed by atoms with van der Waals surface area (Å²) in [5.41, 5.74) is 2.21. The van der Waals surface area contributed by atoms with Crippen molar-refractivity contribution in [1.82, 2.24) is 5.32 Å². The van der Waals surface area contributed by atoms with Gasteiger partial charge in [0.1, 0.15) is 5.92 Å². The van der Waals surface area contributed by atoms with Gasteiger partial charge in [0.25, 0.3) is 0 Å². The molecule has 33 heavy (non-hydrogen) atoms. The van der Waals surface area contributed by atoms with Crippen molar-refractivity contribution >= 4 is 46.8 Å². The van der Waals surface area contributed by atoms with Crippen LogP contribution in [-0.2, 0) is 19.1 Å². The molecule has 2 aromatic carbocycles. The lowest BCUT2D eigenvalue weighted by atomic mass is 9.78. The number of halogens is 1. The molecule has 3 rings (SSSR count). The number of rotatable bonds is 7. The van der Waals surface area contributed by atoms with Gasteiger partial charge in [0.05, 0.1) is 29.0 Å². The lowest BCUT2D eigenvalue weighted by Crippen LogP contribution is -2.44. The van der Waals surface area contributed by atoms with Gasteiger partial charge in [0.15, 0.2) is 0 Å². The lowest BCUT2D eigenvalue weighted by Gasteiger charge is -2.31. The van der Waals surface area contributed by atoms with E-state index in [2.05, 4.69) is 16.7 Å². The summed E-state index contributed by atoms with van der Waals surface area (Å²) in [7, 11) is 0. The number of carbonyl (C=O) groups is 3. The molecule has 1 aliphatic rings. The van der Waals surface area contributed by atoms with Gasteiger partial charge in [0.2, 0.25) is 11.8 Å². The molecule has 0 saturated heterocycles. The fourth-order valence-corrected chi connectivity index (χ4v) is 4.63. The minimum Gasteiger partial charge on any atom is -0.465 e. The summed E-state index contributed by atoms with van der Waals surface area (Å²) in [5, 5.41) is 15.9. The molecule has 0 fully saturated rings. The first-order valence-electron chi connectivity index (χ1n) is 10.2. The molecule has 1 heterocycles. The molecule has 1 aliphatic heterocycles. The second kappa shape index (κ2) is 11.0. The molecule has 2 amide bonds. The van der Waals surface area contributed by atoms with E-state index in [1.54, 1.807) is 37.3 Å². The van der Waals surface area contributed by atoms with Crippen molar-refractivity contribution < 1.29 is 19.1 Å². The number of allylic oxidation sites excluding steroid dienone is 1. The van der Waals surface area contributed by atoms with Crippen LogP contribution >= 0.6 is 23.4 Å². The highest BCUT2D eigenvalue weighted by molar-refractivity contribution is 8.03. The third kappa shape index (κ3) is 5.56. The maximum absolute atomic E-state index is 12.9. The Bertz CT molecular complexity index is 1160. The minimum absolute atomic E-state index is 0.0472. The highest BCUT2D eigenvalue weighted by atomic mass is 35.5. The number of ether oxygens (including phenoxy) is 1. The Kier molecular flexibility index (Phi) is 8.15. The summed E-state index contributed by atoms with van der Waals surface area (Å²) in [5.74, 6) is -3.90. The first-order chi connectivity index (χ1) is 15.9. The second-order valence-electron chi connectivity index (χ2n) is 7.22. The van der Waals surface area contributed by atoms with Gasteiger partial charge < -0.3 is 15.4 Å².